The summed E-state index contributed by atoms with van der Waals surface area (Å²) in [5, 5.41) is 3.39. The number of carbonyl (C=O) groups excluding carboxylic acids is 1. The van der Waals surface area contributed by atoms with Gasteiger partial charge in [0.1, 0.15) is 11.5 Å². The Balaban J connectivity index is 1.80. The molecule has 0 saturated heterocycles. The van der Waals surface area contributed by atoms with E-state index in [2.05, 4.69) is 12.2 Å². The van der Waals surface area contributed by atoms with Crippen molar-refractivity contribution >= 4 is 23.2 Å². The van der Waals surface area contributed by atoms with Gasteiger partial charge >= 0.3 is 0 Å². The maximum absolute atomic E-state index is 11.8. The number of rotatable bonds is 7. The van der Waals surface area contributed by atoms with E-state index in [1.54, 1.807) is 36.4 Å². The lowest BCUT2D eigenvalue weighted by atomic mass is 10.3. The zero-order valence-electron chi connectivity index (χ0n) is 12.3. The van der Waals surface area contributed by atoms with Crippen molar-refractivity contribution in [3.8, 4) is 11.5 Å². The number of amides is 1. The number of halogens is 1. The molecule has 0 saturated carbocycles. The first-order chi connectivity index (χ1) is 10.7. The average Bonchev–Trinajstić information content (AvgIpc) is 2.54. The quantitative estimate of drug-likeness (QED) is 0.834. The highest BCUT2D eigenvalue weighted by molar-refractivity contribution is 6.30. The molecule has 5 heteroatoms. The molecular weight excluding hydrogens is 302 g/mol. The number of benzene rings is 2. The van der Waals surface area contributed by atoms with Crippen LogP contribution in [0.15, 0.2) is 48.5 Å². The summed E-state index contributed by atoms with van der Waals surface area (Å²) in [7, 11) is 0. The lowest BCUT2D eigenvalue weighted by Gasteiger charge is -2.09. The smallest absolute Gasteiger partial charge is 0.262 e. The van der Waals surface area contributed by atoms with Crippen molar-refractivity contribution in [1.82, 2.24) is 0 Å². The minimum atomic E-state index is -0.225. The van der Waals surface area contributed by atoms with E-state index in [0.717, 1.165) is 12.2 Å². The van der Waals surface area contributed by atoms with E-state index in [9.17, 15) is 4.79 Å². The van der Waals surface area contributed by atoms with Crippen molar-refractivity contribution in [2.75, 3.05) is 18.5 Å². The van der Waals surface area contributed by atoms with Gasteiger partial charge in [-0.05, 0) is 55.0 Å². The van der Waals surface area contributed by atoms with Gasteiger partial charge in [-0.3, -0.25) is 4.79 Å². The predicted molar refractivity (Wildman–Crippen MR) is 87.8 cm³/mol. The molecule has 1 N–H and O–H groups in total. The van der Waals surface area contributed by atoms with Gasteiger partial charge in [-0.1, -0.05) is 18.5 Å². The molecule has 2 aromatic carbocycles. The van der Waals surface area contributed by atoms with E-state index in [1.165, 1.54) is 0 Å². The zero-order chi connectivity index (χ0) is 15.8. The van der Waals surface area contributed by atoms with Gasteiger partial charge in [-0.15, -0.1) is 0 Å². The Hall–Kier alpha value is -2.20. The largest absolute Gasteiger partial charge is 0.494 e. The summed E-state index contributed by atoms with van der Waals surface area (Å²) >= 11 is 5.78. The molecule has 1 amide bonds. The SMILES string of the molecule is CCCOc1ccc(NC(=O)COc2ccc(Cl)cc2)cc1. The van der Waals surface area contributed by atoms with Crippen LogP contribution in [0.2, 0.25) is 5.02 Å². The topological polar surface area (TPSA) is 47.6 Å². The summed E-state index contributed by atoms with van der Waals surface area (Å²) < 4.78 is 10.9. The Morgan fingerprint density at radius 1 is 1.00 bits per heavy atom. The second-order valence-electron chi connectivity index (χ2n) is 4.66. The summed E-state index contributed by atoms with van der Waals surface area (Å²) in [5.41, 5.74) is 0.702. The molecule has 0 aliphatic carbocycles. The molecule has 0 radical (unpaired) electrons. The van der Waals surface area contributed by atoms with E-state index in [0.29, 0.717) is 23.1 Å². The van der Waals surface area contributed by atoms with Crippen LogP contribution < -0.4 is 14.8 Å². The molecule has 0 unspecified atom stereocenters. The van der Waals surface area contributed by atoms with Crippen LogP contribution in [0, 0.1) is 0 Å². The molecule has 4 nitrogen and oxygen atoms in total. The van der Waals surface area contributed by atoms with Crippen LogP contribution in [0.25, 0.3) is 0 Å². The van der Waals surface area contributed by atoms with Gasteiger partial charge in [0.15, 0.2) is 6.61 Å². The number of ether oxygens (including phenoxy) is 2. The van der Waals surface area contributed by atoms with E-state index < -0.39 is 0 Å². The molecular formula is C17H18ClNO3. The van der Waals surface area contributed by atoms with Crippen LogP contribution in [0.3, 0.4) is 0 Å². The summed E-state index contributed by atoms with van der Waals surface area (Å²) in [6.45, 7) is 2.67. The molecule has 0 aliphatic rings. The lowest BCUT2D eigenvalue weighted by Crippen LogP contribution is -2.20. The normalized spacial score (nSPS) is 10.1. The average molecular weight is 320 g/mol. The summed E-state index contributed by atoms with van der Waals surface area (Å²) in [6.07, 6.45) is 0.959. The Kier molecular flexibility index (Phi) is 6.10. The monoisotopic (exact) mass is 319 g/mol. The van der Waals surface area contributed by atoms with E-state index in [1.807, 2.05) is 12.1 Å². The fourth-order valence-corrected chi connectivity index (χ4v) is 1.86. The maximum Gasteiger partial charge on any atom is 0.262 e. The summed E-state index contributed by atoms with van der Waals surface area (Å²) in [4.78, 5) is 11.8. The Morgan fingerprint density at radius 2 is 1.59 bits per heavy atom. The van der Waals surface area contributed by atoms with Crippen LogP contribution in [0.4, 0.5) is 5.69 Å². The van der Waals surface area contributed by atoms with Crippen molar-refractivity contribution in [1.29, 1.82) is 0 Å². The second-order valence-corrected chi connectivity index (χ2v) is 5.10. The molecule has 116 valence electrons. The highest BCUT2D eigenvalue weighted by Gasteiger charge is 2.04. The first-order valence-corrected chi connectivity index (χ1v) is 7.46. The number of hydrogen-bond acceptors (Lipinski definition) is 3. The third-order valence-electron chi connectivity index (χ3n) is 2.79. The molecule has 0 aliphatic heterocycles. The third kappa shape index (κ3) is 5.30. The van der Waals surface area contributed by atoms with Gasteiger partial charge in [0.2, 0.25) is 0 Å². The molecule has 0 aromatic heterocycles. The van der Waals surface area contributed by atoms with Crippen LogP contribution in [-0.2, 0) is 4.79 Å². The highest BCUT2D eigenvalue weighted by Crippen LogP contribution is 2.17. The molecule has 2 rings (SSSR count). The van der Waals surface area contributed by atoms with Crippen molar-refractivity contribution in [2.24, 2.45) is 0 Å². The van der Waals surface area contributed by atoms with Crippen molar-refractivity contribution in [2.45, 2.75) is 13.3 Å². The molecule has 0 heterocycles. The maximum atomic E-state index is 11.8. The van der Waals surface area contributed by atoms with E-state index in [4.69, 9.17) is 21.1 Å². The van der Waals surface area contributed by atoms with Crippen LogP contribution in [0.5, 0.6) is 11.5 Å². The Labute approximate surface area is 135 Å². The Bertz CT molecular complexity index is 596. The van der Waals surface area contributed by atoms with Crippen LogP contribution in [-0.4, -0.2) is 19.1 Å². The number of carbonyl (C=O) groups is 1. The lowest BCUT2D eigenvalue weighted by molar-refractivity contribution is -0.118. The molecule has 0 spiro atoms. The summed E-state index contributed by atoms with van der Waals surface area (Å²) in [6, 6.07) is 14.1. The third-order valence-corrected chi connectivity index (χ3v) is 3.05. The van der Waals surface area contributed by atoms with Gasteiger partial charge in [0, 0.05) is 10.7 Å². The van der Waals surface area contributed by atoms with Crippen molar-refractivity contribution in [3.05, 3.63) is 53.6 Å². The van der Waals surface area contributed by atoms with Crippen molar-refractivity contribution in [3.63, 3.8) is 0 Å². The number of anilines is 1. The molecule has 0 bridgehead atoms. The second kappa shape index (κ2) is 8.29. The van der Waals surface area contributed by atoms with Gasteiger partial charge in [-0.25, -0.2) is 0 Å². The first-order valence-electron chi connectivity index (χ1n) is 7.08. The zero-order valence-corrected chi connectivity index (χ0v) is 13.1. The molecule has 0 fully saturated rings. The fraction of sp³-hybridized carbons (Fsp3) is 0.235. The fourth-order valence-electron chi connectivity index (χ4n) is 1.73. The first kappa shape index (κ1) is 16.2. The van der Waals surface area contributed by atoms with Crippen LogP contribution in [0.1, 0.15) is 13.3 Å². The van der Waals surface area contributed by atoms with E-state index >= 15 is 0 Å². The summed E-state index contributed by atoms with van der Waals surface area (Å²) in [5.74, 6) is 1.16. The van der Waals surface area contributed by atoms with Gasteiger partial charge in [0.25, 0.3) is 5.91 Å². The number of nitrogens with one attached hydrogen (secondary N) is 1. The standard InChI is InChI=1S/C17H18ClNO3/c1-2-11-21-15-9-5-14(6-10-15)19-17(20)12-22-16-7-3-13(18)4-8-16/h3-10H,2,11-12H2,1H3,(H,19,20). The molecule has 0 atom stereocenters. The van der Waals surface area contributed by atoms with Gasteiger partial charge in [-0.2, -0.15) is 0 Å². The van der Waals surface area contributed by atoms with Crippen LogP contribution >= 0.6 is 11.6 Å². The minimum Gasteiger partial charge on any atom is -0.494 e. The van der Waals surface area contributed by atoms with Gasteiger partial charge in [0.05, 0.1) is 6.61 Å². The molecule has 22 heavy (non-hydrogen) atoms. The minimum absolute atomic E-state index is 0.0598. The van der Waals surface area contributed by atoms with Gasteiger partial charge < -0.3 is 14.8 Å². The molecule has 2 aromatic rings. The number of hydrogen-bond donors (Lipinski definition) is 1. The van der Waals surface area contributed by atoms with Crippen molar-refractivity contribution < 1.29 is 14.3 Å². The van der Waals surface area contributed by atoms with E-state index in [-0.39, 0.29) is 12.5 Å². The highest BCUT2D eigenvalue weighted by atomic mass is 35.5. The Morgan fingerprint density at radius 3 is 2.23 bits per heavy atom. The predicted octanol–water partition coefficient (Wildman–Crippen LogP) is 4.15.